The van der Waals surface area contributed by atoms with E-state index in [0.717, 1.165) is 5.56 Å². The first-order chi connectivity index (χ1) is 8.70. The minimum absolute atomic E-state index is 0.115. The van der Waals surface area contributed by atoms with Gasteiger partial charge in [-0.2, -0.15) is 0 Å². The molecule has 0 aromatic heterocycles. The minimum Gasteiger partial charge on any atom is -0.383 e. The number of aliphatic hydroxyl groups is 1. The predicted octanol–water partition coefficient (Wildman–Crippen LogP) is 3.34. The third kappa shape index (κ3) is 2.95. The molecule has 0 spiro atoms. The van der Waals surface area contributed by atoms with Crippen molar-refractivity contribution in [2.24, 2.45) is 0 Å². The molecule has 2 atom stereocenters. The van der Waals surface area contributed by atoms with Crippen molar-refractivity contribution in [3.63, 3.8) is 0 Å². The van der Waals surface area contributed by atoms with E-state index in [1.165, 1.54) is 5.56 Å². The van der Waals surface area contributed by atoms with Crippen molar-refractivity contribution >= 4 is 10.9 Å². The normalized spacial score (nSPS) is 14.4. The van der Waals surface area contributed by atoms with Gasteiger partial charge >= 0.3 is 0 Å². The first-order valence-corrected chi connectivity index (χ1v) is 8.15. The van der Waals surface area contributed by atoms with Crippen LogP contribution < -0.4 is 0 Å². The maximum atomic E-state index is 10.6. The molecule has 0 bridgehead atoms. The van der Waals surface area contributed by atoms with Crippen molar-refractivity contribution in [2.45, 2.75) is 11.4 Å². The van der Waals surface area contributed by atoms with Crippen LogP contribution in [0.15, 0.2) is 60.7 Å². The van der Waals surface area contributed by atoms with E-state index in [1.54, 1.807) is 0 Å². The lowest BCUT2D eigenvalue weighted by molar-refractivity contribution is 0.174. The Labute approximate surface area is 112 Å². The summed E-state index contributed by atoms with van der Waals surface area (Å²) in [4.78, 5) is 0. The summed E-state index contributed by atoms with van der Waals surface area (Å²) in [6.45, 7) is 0. The quantitative estimate of drug-likeness (QED) is 0.835. The number of rotatable bonds is 4. The third-order valence-electron chi connectivity index (χ3n) is 3.06. The molecule has 0 aliphatic carbocycles. The van der Waals surface area contributed by atoms with Gasteiger partial charge in [-0.25, -0.2) is 0 Å². The van der Waals surface area contributed by atoms with Gasteiger partial charge in [0.05, 0.1) is 12.5 Å². The van der Waals surface area contributed by atoms with E-state index in [-0.39, 0.29) is 16.1 Å². The van der Waals surface area contributed by atoms with Gasteiger partial charge in [-0.15, -0.1) is 0 Å². The van der Waals surface area contributed by atoms with Crippen LogP contribution >= 0.6 is 0 Å². The fraction of sp³-hybridized carbons (Fsp3) is 0.250. The molecule has 2 heteroatoms. The smallest absolute Gasteiger partial charge is 0.172 e. The molecule has 0 radical (unpaired) electrons. The van der Waals surface area contributed by atoms with Crippen molar-refractivity contribution < 1.29 is 5.11 Å². The molecular formula is C16H19OS+. The van der Waals surface area contributed by atoms with E-state index in [4.69, 9.17) is 0 Å². The summed E-state index contributed by atoms with van der Waals surface area (Å²) in [6.07, 6.45) is 3.93. The Morgan fingerprint density at radius 3 is 1.67 bits per heavy atom. The fourth-order valence-corrected chi connectivity index (χ4v) is 3.55. The second-order valence-electron chi connectivity index (χ2n) is 4.57. The summed E-state index contributed by atoms with van der Waals surface area (Å²) < 4.78 is 0. The van der Waals surface area contributed by atoms with Crippen LogP contribution in [0.1, 0.15) is 22.5 Å². The minimum atomic E-state index is -0.438. The summed E-state index contributed by atoms with van der Waals surface area (Å²) in [5, 5.41) is 10.8. The van der Waals surface area contributed by atoms with Gasteiger partial charge in [0, 0.05) is 5.56 Å². The van der Waals surface area contributed by atoms with Crippen molar-refractivity contribution in [1.29, 1.82) is 0 Å². The molecule has 0 fully saturated rings. The molecule has 0 unspecified atom stereocenters. The zero-order chi connectivity index (χ0) is 13.0. The second-order valence-corrected chi connectivity index (χ2v) is 6.83. The number of benzene rings is 2. The monoisotopic (exact) mass is 259 g/mol. The standard InChI is InChI=1S/C16H19OS/c1-18(2)16(14-11-7-4-8-12-14)15(17)13-9-5-3-6-10-13/h3-12,15-17H,1-2H3/q+1/t15-,16-/m1/s1. The SMILES string of the molecule is C[S+](C)[C@H](c1ccccc1)[C@H](O)c1ccccc1. The zero-order valence-corrected chi connectivity index (χ0v) is 11.6. The Morgan fingerprint density at radius 1 is 0.778 bits per heavy atom. The third-order valence-corrected chi connectivity index (χ3v) is 4.61. The second kappa shape index (κ2) is 6.07. The lowest BCUT2D eigenvalue weighted by atomic mass is 10.0. The number of hydrogen-bond acceptors (Lipinski definition) is 1. The summed E-state index contributed by atoms with van der Waals surface area (Å²) >= 11 is 0. The van der Waals surface area contributed by atoms with Crippen molar-refractivity contribution in [3.05, 3.63) is 71.8 Å². The maximum absolute atomic E-state index is 10.6. The predicted molar refractivity (Wildman–Crippen MR) is 79.8 cm³/mol. The summed E-state index contributed by atoms with van der Waals surface area (Å²) in [6, 6.07) is 20.2. The summed E-state index contributed by atoms with van der Waals surface area (Å²) in [7, 11) is 0.115. The lowest BCUT2D eigenvalue weighted by Gasteiger charge is -2.20. The molecule has 0 aliphatic heterocycles. The molecule has 94 valence electrons. The van der Waals surface area contributed by atoms with Crippen LogP contribution in [-0.4, -0.2) is 17.6 Å². The van der Waals surface area contributed by atoms with Gasteiger partial charge in [0.2, 0.25) is 0 Å². The molecule has 0 amide bonds. The first-order valence-electron chi connectivity index (χ1n) is 6.04. The van der Waals surface area contributed by atoms with E-state index in [2.05, 4.69) is 24.6 Å². The van der Waals surface area contributed by atoms with Gasteiger partial charge in [0.15, 0.2) is 5.25 Å². The summed E-state index contributed by atoms with van der Waals surface area (Å²) in [5.41, 5.74) is 2.20. The molecular weight excluding hydrogens is 240 g/mol. The van der Waals surface area contributed by atoms with Gasteiger partial charge in [-0.05, 0) is 16.5 Å². The van der Waals surface area contributed by atoms with Gasteiger partial charge < -0.3 is 5.11 Å². The topological polar surface area (TPSA) is 20.2 Å². The molecule has 0 saturated carbocycles. The first kappa shape index (κ1) is 13.2. The number of aliphatic hydroxyl groups excluding tert-OH is 1. The molecule has 1 nitrogen and oxygen atoms in total. The fourth-order valence-electron chi connectivity index (χ4n) is 2.18. The Hall–Kier alpha value is -1.25. The molecule has 0 saturated heterocycles. The lowest BCUT2D eigenvalue weighted by Crippen LogP contribution is -2.19. The van der Waals surface area contributed by atoms with E-state index < -0.39 is 6.10 Å². The highest BCUT2D eigenvalue weighted by Gasteiger charge is 2.32. The maximum Gasteiger partial charge on any atom is 0.172 e. The van der Waals surface area contributed by atoms with Crippen molar-refractivity contribution in [3.8, 4) is 0 Å². The van der Waals surface area contributed by atoms with E-state index in [1.807, 2.05) is 48.5 Å². The molecule has 2 aromatic rings. The molecule has 1 N–H and O–H groups in total. The zero-order valence-electron chi connectivity index (χ0n) is 10.8. The average molecular weight is 259 g/mol. The van der Waals surface area contributed by atoms with Crippen LogP contribution in [0.3, 0.4) is 0 Å². The van der Waals surface area contributed by atoms with Crippen LogP contribution in [0.5, 0.6) is 0 Å². The van der Waals surface area contributed by atoms with Crippen molar-refractivity contribution in [2.75, 3.05) is 12.5 Å². The highest BCUT2D eigenvalue weighted by Crippen LogP contribution is 2.34. The summed E-state index contributed by atoms with van der Waals surface area (Å²) in [5.74, 6) is 0. The van der Waals surface area contributed by atoms with E-state index in [9.17, 15) is 5.11 Å². The van der Waals surface area contributed by atoms with E-state index >= 15 is 0 Å². The molecule has 0 aliphatic rings. The van der Waals surface area contributed by atoms with Gasteiger partial charge in [-0.3, -0.25) is 0 Å². The van der Waals surface area contributed by atoms with Crippen LogP contribution in [0.25, 0.3) is 0 Å². The van der Waals surface area contributed by atoms with Gasteiger partial charge in [-0.1, -0.05) is 60.7 Å². The highest BCUT2D eigenvalue weighted by molar-refractivity contribution is 7.95. The van der Waals surface area contributed by atoms with Gasteiger partial charge in [0.1, 0.15) is 6.10 Å². The van der Waals surface area contributed by atoms with Crippen LogP contribution in [0.2, 0.25) is 0 Å². The molecule has 0 heterocycles. The Balaban J connectivity index is 2.32. The van der Waals surface area contributed by atoms with E-state index in [0.29, 0.717) is 0 Å². The highest BCUT2D eigenvalue weighted by atomic mass is 32.2. The van der Waals surface area contributed by atoms with Crippen molar-refractivity contribution in [1.82, 2.24) is 0 Å². The molecule has 18 heavy (non-hydrogen) atoms. The Bertz CT molecular complexity index is 467. The average Bonchev–Trinajstić information content (AvgIpc) is 2.40. The Morgan fingerprint density at radius 2 is 1.22 bits per heavy atom. The van der Waals surface area contributed by atoms with Crippen LogP contribution in [0.4, 0.5) is 0 Å². The van der Waals surface area contributed by atoms with Gasteiger partial charge in [0.25, 0.3) is 0 Å². The van der Waals surface area contributed by atoms with Crippen LogP contribution in [0, 0.1) is 0 Å². The molecule has 2 rings (SSSR count). The number of hydrogen-bond donors (Lipinski definition) is 1. The Kier molecular flexibility index (Phi) is 4.45. The molecule has 2 aromatic carbocycles. The largest absolute Gasteiger partial charge is 0.383 e. The van der Waals surface area contributed by atoms with Crippen LogP contribution in [-0.2, 0) is 10.9 Å².